The number of rotatable bonds is 3. The van der Waals surface area contributed by atoms with E-state index >= 15 is 0 Å². The van der Waals surface area contributed by atoms with E-state index in [4.69, 9.17) is 0 Å². The second-order valence-electron chi connectivity index (χ2n) is 5.22. The minimum atomic E-state index is 0.737. The van der Waals surface area contributed by atoms with Crippen molar-refractivity contribution in [1.29, 1.82) is 0 Å². The van der Waals surface area contributed by atoms with E-state index in [0.29, 0.717) is 0 Å². The van der Waals surface area contributed by atoms with E-state index in [-0.39, 0.29) is 0 Å². The van der Waals surface area contributed by atoms with Crippen molar-refractivity contribution in [2.24, 2.45) is 11.8 Å². The van der Waals surface area contributed by atoms with E-state index in [1.165, 1.54) is 32.4 Å². The van der Waals surface area contributed by atoms with Crippen LogP contribution in [0.2, 0.25) is 0 Å². The highest BCUT2D eigenvalue weighted by Gasteiger charge is 2.34. The molecular weight excluding hydrogens is 172 g/mol. The van der Waals surface area contributed by atoms with Crippen LogP contribution in [-0.2, 0) is 0 Å². The maximum Gasteiger partial charge on any atom is 0.0117 e. The average Bonchev–Trinajstić information content (AvgIpc) is 2.97. The molecule has 0 bridgehead atoms. The number of likely N-dealkylation sites (tertiary alicyclic amines) is 1. The van der Waals surface area contributed by atoms with Crippen molar-refractivity contribution < 1.29 is 0 Å². The number of nitrogens with one attached hydrogen (secondary N) is 1. The molecule has 2 aliphatic rings. The third-order valence-electron chi connectivity index (χ3n) is 4.26. The van der Waals surface area contributed by atoms with Crippen LogP contribution >= 0.6 is 0 Å². The second-order valence-corrected chi connectivity index (χ2v) is 5.22. The van der Waals surface area contributed by atoms with Gasteiger partial charge in [0.1, 0.15) is 0 Å². The molecule has 0 aromatic carbocycles. The van der Waals surface area contributed by atoms with Gasteiger partial charge in [0.25, 0.3) is 0 Å². The Morgan fingerprint density at radius 2 is 1.93 bits per heavy atom. The molecule has 1 saturated heterocycles. The summed E-state index contributed by atoms with van der Waals surface area (Å²) in [5.41, 5.74) is 0. The lowest BCUT2D eigenvalue weighted by Crippen LogP contribution is -2.53. The zero-order valence-electron chi connectivity index (χ0n) is 9.79. The average molecular weight is 196 g/mol. The van der Waals surface area contributed by atoms with Gasteiger partial charge in [0.2, 0.25) is 0 Å². The lowest BCUT2D eigenvalue weighted by Gasteiger charge is -2.42. The quantitative estimate of drug-likeness (QED) is 0.739. The normalized spacial score (nSPS) is 40.1. The Morgan fingerprint density at radius 3 is 2.50 bits per heavy atom. The van der Waals surface area contributed by atoms with E-state index in [1.807, 2.05) is 0 Å². The van der Waals surface area contributed by atoms with Gasteiger partial charge in [0.05, 0.1) is 0 Å². The number of hydrogen-bond acceptors (Lipinski definition) is 2. The fourth-order valence-corrected chi connectivity index (χ4v) is 2.74. The fraction of sp³-hybridized carbons (Fsp3) is 1.00. The van der Waals surface area contributed by atoms with E-state index in [1.54, 1.807) is 0 Å². The van der Waals surface area contributed by atoms with Gasteiger partial charge in [0.15, 0.2) is 0 Å². The van der Waals surface area contributed by atoms with Crippen LogP contribution in [0.15, 0.2) is 0 Å². The summed E-state index contributed by atoms with van der Waals surface area (Å²) in [5, 5.41) is 3.45. The molecule has 2 rings (SSSR count). The van der Waals surface area contributed by atoms with Crippen molar-refractivity contribution >= 4 is 0 Å². The maximum atomic E-state index is 3.45. The smallest absolute Gasteiger partial charge is 0.0117 e. The molecule has 2 heteroatoms. The first-order valence-corrected chi connectivity index (χ1v) is 6.13. The number of piperidine rings is 1. The zero-order valence-corrected chi connectivity index (χ0v) is 9.79. The fourth-order valence-electron chi connectivity index (χ4n) is 2.74. The highest BCUT2D eigenvalue weighted by molar-refractivity contribution is 4.90. The summed E-state index contributed by atoms with van der Waals surface area (Å²) < 4.78 is 0. The first kappa shape index (κ1) is 10.4. The Balaban J connectivity index is 1.88. The number of nitrogens with zero attached hydrogens (tertiary/aromatic N) is 1. The highest BCUT2D eigenvalue weighted by Crippen LogP contribution is 2.33. The van der Waals surface area contributed by atoms with Crippen molar-refractivity contribution in [2.45, 2.75) is 45.2 Å². The minimum absolute atomic E-state index is 0.737. The summed E-state index contributed by atoms with van der Waals surface area (Å²) in [6.07, 6.45) is 4.29. The Hall–Kier alpha value is -0.0800. The van der Waals surface area contributed by atoms with Gasteiger partial charge in [-0.25, -0.2) is 0 Å². The SMILES string of the molecule is CNC1CCN(CC2CC2)C(C)C1C. The summed E-state index contributed by atoms with van der Waals surface area (Å²) in [6.45, 7) is 7.46. The predicted molar refractivity (Wildman–Crippen MR) is 60.4 cm³/mol. The molecule has 0 amide bonds. The molecule has 0 radical (unpaired) electrons. The van der Waals surface area contributed by atoms with Gasteiger partial charge < -0.3 is 10.2 Å². The monoisotopic (exact) mass is 196 g/mol. The Bertz CT molecular complexity index is 189. The number of hydrogen-bond donors (Lipinski definition) is 1. The molecule has 1 heterocycles. The summed E-state index contributed by atoms with van der Waals surface area (Å²) in [5.74, 6) is 1.84. The maximum absolute atomic E-state index is 3.45. The zero-order chi connectivity index (χ0) is 10.1. The molecule has 2 fully saturated rings. The molecule has 82 valence electrons. The second kappa shape index (κ2) is 4.19. The van der Waals surface area contributed by atoms with Gasteiger partial charge in [-0.05, 0) is 51.6 Å². The van der Waals surface area contributed by atoms with E-state index in [2.05, 4.69) is 31.1 Å². The molecule has 0 spiro atoms. The van der Waals surface area contributed by atoms with Crippen molar-refractivity contribution in [3.05, 3.63) is 0 Å². The van der Waals surface area contributed by atoms with E-state index in [9.17, 15) is 0 Å². The molecule has 1 N–H and O–H groups in total. The molecule has 3 unspecified atom stereocenters. The third-order valence-corrected chi connectivity index (χ3v) is 4.26. The lowest BCUT2D eigenvalue weighted by atomic mass is 9.87. The first-order chi connectivity index (χ1) is 6.72. The van der Waals surface area contributed by atoms with Crippen molar-refractivity contribution in [3.8, 4) is 0 Å². The molecule has 1 aliphatic heterocycles. The molecule has 1 saturated carbocycles. The molecule has 1 aliphatic carbocycles. The predicted octanol–water partition coefficient (Wildman–Crippen LogP) is 1.71. The van der Waals surface area contributed by atoms with Crippen molar-refractivity contribution in [1.82, 2.24) is 10.2 Å². The van der Waals surface area contributed by atoms with Gasteiger partial charge in [-0.3, -0.25) is 0 Å². The molecule has 14 heavy (non-hydrogen) atoms. The summed E-state index contributed by atoms with van der Waals surface area (Å²) in [7, 11) is 2.10. The lowest BCUT2D eigenvalue weighted by molar-refractivity contribution is 0.0834. The van der Waals surface area contributed by atoms with Crippen LogP contribution in [0.5, 0.6) is 0 Å². The Labute approximate surface area is 88.1 Å². The molecule has 2 nitrogen and oxygen atoms in total. The Kier molecular flexibility index (Phi) is 3.13. The van der Waals surface area contributed by atoms with Gasteiger partial charge in [-0.15, -0.1) is 0 Å². The first-order valence-electron chi connectivity index (χ1n) is 6.13. The topological polar surface area (TPSA) is 15.3 Å². The summed E-state index contributed by atoms with van der Waals surface area (Å²) >= 11 is 0. The van der Waals surface area contributed by atoms with Crippen LogP contribution in [0.25, 0.3) is 0 Å². The van der Waals surface area contributed by atoms with Crippen LogP contribution in [-0.4, -0.2) is 37.1 Å². The largest absolute Gasteiger partial charge is 0.317 e. The van der Waals surface area contributed by atoms with Crippen LogP contribution in [0.1, 0.15) is 33.1 Å². The molecule has 3 atom stereocenters. The van der Waals surface area contributed by atoms with Crippen molar-refractivity contribution in [2.75, 3.05) is 20.1 Å². The van der Waals surface area contributed by atoms with Gasteiger partial charge in [0, 0.05) is 18.6 Å². The van der Waals surface area contributed by atoms with Crippen LogP contribution in [0.4, 0.5) is 0 Å². The van der Waals surface area contributed by atoms with Crippen LogP contribution in [0.3, 0.4) is 0 Å². The molecule has 0 aromatic heterocycles. The minimum Gasteiger partial charge on any atom is -0.317 e. The summed E-state index contributed by atoms with van der Waals surface area (Å²) in [6, 6.07) is 1.50. The van der Waals surface area contributed by atoms with Crippen LogP contribution < -0.4 is 5.32 Å². The molecule has 0 aromatic rings. The Morgan fingerprint density at radius 1 is 1.21 bits per heavy atom. The van der Waals surface area contributed by atoms with E-state index < -0.39 is 0 Å². The van der Waals surface area contributed by atoms with Crippen LogP contribution in [0, 0.1) is 11.8 Å². The highest BCUT2D eigenvalue weighted by atomic mass is 15.2. The standard InChI is InChI=1S/C12H24N2/c1-9-10(2)14(8-11-4-5-11)7-6-12(9)13-3/h9-13H,4-8H2,1-3H3. The van der Waals surface area contributed by atoms with Gasteiger partial charge in [-0.2, -0.15) is 0 Å². The van der Waals surface area contributed by atoms with Gasteiger partial charge >= 0.3 is 0 Å². The third kappa shape index (κ3) is 2.12. The van der Waals surface area contributed by atoms with E-state index in [0.717, 1.165) is 23.9 Å². The summed E-state index contributed by atoms with van der Waals surface area (Å²) in [4.78, 5) is 2.70. The van der Waals surface area contributed by atoms with Gasteiger partial charge in [-0.1, -0.05) is 6.92 Å². The molecular formula is C12H24N2. The van der Waals surface area contributed by atoms with Crippen molar-refractivity contribution in [3.63, 3.8) is 0 Å².